The van der Waals surface area contributed by atoms with Crippen molar-refractivity contribution >= 4 is 0 Å². The number of hydrogen-bond acceptors (Lipinski definition) is 2. The lowest BCUT2D eigenvalue weighted by Crippen LogP contribution is -1.97. The lowest BCUT2D eigenvalue weighted by molar-refractivity contribution is 0.138. The highest BCUT2D eigenvalue weighted by molar-refractivity contribution is 5.02. The Balaban J connectivity index is 3.48. The van der Waals surface area contributed by atoms with E-state index in [1.807, 2.05) is 0 Å². The molecule has 0 saturated carbocycles. The topological polar surface area (TPSA) is 29.5 Å². The molecule has 0 fully saturated rings. The molecule has 0 aromatic heterocycles. The number of ether oxygens (including phenoxy) is 1. The molecule has 0 aliphatic carbocycles. The first kappa shape index (κ1) is 14.4. The van der Waals surface area contributed by atoms with E-state index in [9.17, 15) is 0 Å². The molecule has 0 spiro atoms. The number of allylic oxidation sites excluding steroid dienone is 3. The summed E-state index contributed by atoms with van der Waals surface area (Å²) < 4.78 is 5.32. The fourth-order valence-corrected chi connectivity index (χ4v) is 1.14. The average molecular weight is 212 g/mol. The number of hydrogen-bond donors (Lipinski definition) is 1. The molecular weight excluding hydrogens is 188 g/mol. The molecule has 0 rings (SSSR count). The maximum atomic E-state index is 8.54. The van der Waals surface area contributed by atoms with Crippen LogP contribution in [-0.4, -0.2) is 24.9 Å². The largest absolute Gasteiger partial charge is 0.396 e. The first-order valence-electron chi connectivity index (χ1n) is 5.64. The van der Waals surface area contributed by atoms with E-state index in [4.69, 9.17) is 9.84 Å². The molecule has 0 bridgehead atoms. The van der Waals surface area contributed by atoms with Crippen LogP contribution in [0.4, 0.5) is 0 Å². The summed E-state index contributed by atoms with van der Waals surface area (Å²) in [6.07, 6.45) is 7.32. The summed E-state index contributed by atoms with van der Waals surface area (Å²) in [5, 5.41) is 8.54. The van der Waals surface area contributed by atoms with E-state index in [1.54, 1.807) is 0 Å². The van der Waals surface area contributed by atoms with Crippen LogP contribution in [0.15, 0.2) is 23.3 Å². The van der Waals surface area contributed by atoms with Crippen molar-refractivity contribution in [3.8, 4) is 0 Å². The van der Waals surface area contributed by atoms with E-state index >= 15 is 0 Å². The first-order chi connectivity index (χ1) is 7.16. The second-order valence-corrected chi connectivity index (χ2v) is 4.02. The van der Waals surface area contributed by atoms with Crippen LogP contribution < -0.4 is 0 Å². The zero-order chi connectivity index (χ0) is 11.5. The Morgan fingerprint density at radius 1 is 1.20 bits per heavy atom. The Bertz CT molecular complexity index is 201. The average Bonchev–Trinajstić information content (AvgIpc) is 2.17. The van der Waals surface area contributed by atoms with Crippen molar-refractivity contribution in [3.63, 3.8) is 0 Å². The molecule has 0 amide bonds. The molecule has 88 valence electrons. The summed E-state index contributed by atoms with van der Waals surface area (Å²) in [7, 11) is 0. The number of rotatable bonds is 8. The zero-order valence-electron chi connectivity index (χ0n) is 10.3. The minimum absolute atomic E-state index is 0.212. The van der Waals surface area contributed by atoms with Gasteiger partial charge in [-0.2, -0.15) is 0 Å². The van der Waals surface area contributed by atoms with Gasteiger partial charge < -0.3 is 9.84 Å². The van der Waals surface area contributed by atoms with Crippen LogP contribution in [0.2, 0.25) is 0 Å². The molecule has 0 aromatic carbocycles. The Kier molecular flexibility index (Phi) is 9.54. The maximum absolute atomic E-state index is 8.54. The summed E-state index contributed by atoms with van der Waals surface area (Å²) in [4.78, 5) is 0. The Hall–Kier alpha value is -0.600. The van der Waals surface area contributed by atoms with Crippen LogP contribution in [0.25, 0.3) is 0 Å². The Morgan fingerprint density at radius 3 is 2.53 bits per heavy atom. The van der Waals surface area contributed by atoms with Crippen LogP contribution in [0.1, 0.15) is 40.0 Å². The number of aliphatic hydroxyl groups excluding tert-OH is 1. The van der Waals surface area contributed by atoms with E-state index in [2.05, 4.69) is 32.9 Å². The monoisotopic (exact) mass is 212 g/mol. The Morgan fingerprint density at radius 2 is 1.93 bits per heavy atom. The molecule has 0 aliphatic heterocycles. The summed E-state index contributed by atoms with van der Waals surface area (Å²) in [5.41, 5.74) is 2.75. The maximum Gasteiger partial charge on any atom is 0.0649 e. The van der Waals surface area contributed by atoms with Gasteiger partial charge in [-0.25, -0.2) is 0 Å². The van der Waals surface area contributed by atoms with Gasteiger partial charge in [0.2, 0.25) is 0 Å². The van der Waals surface area contributed by atoms with Gasteiger partial charge in [0.25, 0.3) is 0 Å². The van der Waals surface area contributed by atoms with Crippen LogP contribution >= 0.6 is 0 Å². The predicted octanol–water partition coefficient (Wildman–Crippen LogP) is 3.08. The van der Waals surface area contributed by atoms with E-state index < -0.39 is 0 Å². The first-order valence-corrected chi connectivity index (χ1v) is 5.64. The Labute approximate surface area is 93.6 Å². The van der Waals surface area contributed by atoms with Gasteiger partial charge in [0, 0.05) is 13.2 Å². The molecule has 0 unspecified atom stereocenters. The molecule has 15 heavy (non-hydrogen) atoms. The molecule has 0 aliphatic rings. The van der Waals surface area contributed by atoms with Crippen LogP contribution in [0, 0.1) is 0 Å². The van der Waals surface area contributed by atoms with E-state index in [-0.39, 0.29) is 6.61 Å². The zero-order valence-corrected chi connectivity index (χ0v) is 10.3. The summed E-state index contributed by atoms with van der Waals surface area (Å²) in [5.74, 6) is 0. The van der Waals surface area contributed by atoms with Crippen molar-refractivity contribution in [1.82, 2.24) is 0 Å². The lowest BCUT2D eigenvalue weighted by Gasteiger charge is -2.01. The normalized spacial score (nSPS) is 11.6. The molecule has 0 heterocycles. The number of aliphatic hydroxyl groups is 1. The van der Waals surface area contributed by atoms with Crippen LogP contribution in [0.3, 0.4) is 0 Å². The van der Waals surface area contributed by atoms with E-state index in [0.29, 0.717) is 13.2 Å². The molecule has 2 heteroatoms. The van der Waals surface area contributed by atoms with E-state index in [0.717, 1.165) is 19.3 Å². The van der Waals surface area contributed by atoms with Crippen LogP contribution in [0.5, 0.6) is 0 Å². The molecule has 0 saturated heterocycles. The molecule has 2 nitrogen and oxygen atoms in total. The molecule has 0 aromatic rings. The van der Waals surface area contributed by atoms with Gasteiger partial charge in [-0.3, -0.25) is 0 Å². The van der Waals surface area contributed by atoms with Gasteiger partial charge in [0.05, 0.1) is 6.61 Å². The third-order valence-electron chi connectivity index (χ3n) is 2.09. The van der Waals surface area contributed by atoms with Crippen molar-refractivity contribution in [2.45, 2.75) is 40.0 Å². The SMILES string of the molecule is CC(C)=CCC/C(C)=C/COCCCO. The second-order valence-electron chi connectivity index (χ2n) is 4.02. The van der Waals surface area contributed by atoms with Gasteiger partial charge in [-0.15, -0.1) is 0 Å². The van der Waals surface area contributed by atoms with Crippen LogP contribution in [-0.2, 0) is 4.74 Å². The highest BCUT2D eigenvalue weighted by atomic mass is 16.5. The minimum Gasteiger partial charge on any atom is -0.396 e. The molecular formula is C13H24O2. The van der Waals surface area contributed by atoms with E-state index in [1.165, 1.54) is 11.1 Å². The highest BCUT2D eigenvalue weighted by Gasteiger charge is 1.89. The second kappa shape index (κ2) is 9.94. The van der Waals surface area contributed by atoms with Crippen molar-refractivity contribution in [2.24, 2.45) is 0 Å². The summed E-state index contributed by atoms with van der Waals surface area (Å²) in [6.45, 7) is 7.90. The third kappa shape index (κ3) is 11.3. The molecule has 1 N–H and O–H groups in total. The van der Waals surface area contributed by atoms with Crippen molar-refractivity contribution in [3.05, 3.63) is 23.3 Å². The van der Waals surface area contributed by atoms with Crippen molar-refractivity contribution in [2.75, 3.05) is 19.8 Å². The summed E-state index contributed by atoms with van der Waals surface area (Å²) >= 11 is 0. The molecule has 0 atom stereocenters. The van der Waals surface area contributed by atoms with Gasteiger partial charge in [-0.05, 0) is 40.0 Å². The summed E-state index contributed by atoms with van der Waals surface area (Å²) in [6, 6.07) is 0. The van der Waals surface area contributed by atoms with Gasteiger partial charge in [-0.1, -0.05) is 23.3 Å². The minimum atomic E-state index is 0.212. The quantitative estimate of drug-likeness (QED) is 0.495. The standard InChI is InChI=1S/C13H24O2/c1-12(2)6-4-7-13(3)8-11-15-10-5-9-14/h6,8,14H,4-5,7,9-11H2,1-3H3/b13-8+. The van der Waals surface area contributed by atoms with Gasteiger partial charge in [0.1, 0.15) is 0 Å². The smallest absolute Gasteiger partial charge is 0.0649 e. The lowest BCUT2D eigenvalue weighted by atomic mass is 10.1. The molecule has 0 radical (unpaired) electrons. The predicted molar refractivity (Wildman–Crippen MR) is 64.9 cm³/mol. The van der Waals surface area contributed by atoms with Gasteiger partial charge in [0.15, 0.2) is 0 Å². The van der Waals surface area contributed by atoms with Crippen molar-refractivity contribution < 1.29 is 9.84 Å². The fourth-order valence-electron chi connectivity index (χ4n) is 1.14. The fraction of sp³-hybridized carbons (Fsp3) is 0.692. The third-order valence-corrected chi connectivity index (χ3v) is 2.09. The highest BCUT2D eigenvalue weighted by Crippen LogP contribution is 2.06. The van der Waals surface area contributed by atoms with Gasteiger partial charge >= 0.3 is 0 Å². The van der Waals surface area contributed by atoms with Crippen molar-refractivity contribution in [1.29, 1.82) is 0 Å².